The van der Waals surface area contributed by atoms with Gasteiger partial charge < -0.3 is 19.9 Å². The first-order valence-corrected chi connectivity index (χ1v) is 13.0. The Balaban J connectivity index is 1.16. The predicted octanol–water partition coefficient (Wildman–Crippen LogP) is 4.74. The molecule has 1 aromatic heterocycles. The van der Waals surface area contributed by atoms with E-state index in [2.05, 4.69) is 26.2 Å². The number of hydrogen-bond donors (Lipinski definition) is 2. The number of ether oxygens (including phenoxy) is 1. The molecule has 1 spiro atoms. The highest BCUT2D eigenvalue weighted by molar-refractivity contribution is 9.10. The fourth-order valence-electron chi connectivity index (χ4n) is 6.01. The molecule has 6 nitrogen and oxygen atoms in total. The fraction of sp³-hybridized carbons (Fsp3) is 0.407. The van der Waals surface area contributed by atoms with Crippen molar-refractivity contribution in [1.29, 1.82) is 0 Å². The largest absolute Gasteiger partial charge is 0.381 e. The van der Waals surface area contributed by atoms with Crippen molar-refractivity contribution in [3.8, 4) is 0 Å². The maximum absolute atomic E-state index is 13.7. The molecule has 2 aliphatic heterocycles. The molecule has 35 heavy (non-hydrogen) atoms. The van der Waals surface area contributed by atoms with Crippen LogP contribution in [0.15, 0.2) is 46.9 Å². The lowest BCUT2D eigenvalue weighted by molar-refractivity contribution is -0.153. The van der Waals surface area contributed by atoms with Gasteiger partial charge in [-0.05, 0) is 73.2 Å². The van der Waals surface area contributed by atoms with Gasteiger partial charge in [0.15, 0.2) is 0 Å². The van der Waals surface area contributed by atoms with Crippen LogP contribution in [0.4, 0.5) is 4.39 Å². The molecule has 8 heteroatoms. The molecule has 3 aliphatic rings. The topological polar surface area (TPSA) is 74.4 Å². The molecular weight excluding hydrogens is 513 g/mol. The number of hydrogen-bond acceptors (Lipinski definition) is 3. The van der Waals surface area contributed by atoms with Gasteiger partial charge in [0.05, 0.1) is 18.6 Å². The third-order valence-corrected chi connectivity index (χ3v) is 8.43. The zero-order chi connectivity index (χ0) is 24.2. The van der Waals surface area contributed by atoms with Crippen LogP contribution in [-0.4, -0.2) is 48.0 Å². The summed E-state index contributed by atoms with van der Waals surface area (Å²) in [5.74, 6) is -0.631. The lowest BCUT2D eigenvalue weighted by atomic mass is 9.65. The number of nitrogens with zero attached hydrogens (tertiary/aromatic N) is 1. The van der Waals surface area contributed by atoms with Crippen molar-refractivity contribution in [2.45, 2.75) is 31.7 Å². The Morgan fingerprint density at radius 1 is 1.17 bits per heavy atom. The SMILES string of the molecule is O=C(NC1CCCc2cc(F)ccc21)C1COCCC12CN(C(=O)c1cc3cc(Br)ccc3[nH]1)C2. The Morgan fingerprint density at radius 2 is 2.03 bits per heavy atom. The molecule has 2 saturated heterocycles. The third-order valence-electron chi connectivity index (χ3n) is 7.93. The molecule has 2 aromatic carbocycles. The number of carbonyl (C=O) groups is 2. The van der Waals surface area contributed by atoms with Gasteiger partial charge in [-0.15, -0.1) is 0 Å². The number of nitrogens with one attached hydrogen (secondary N) is 2. The number of aryl methyl sites for hydroxylation is 1. The molecule has 2 fully saturated rings. The lowest BCUT2D eigenvalue weighted by Crippen LogP contribution is -2.66. The summed E-state index contributed by atoms with van der Waals surface area (Å²) in [6.07, 6.45) is 3.34. The van der Waals surface area contributed by atoms with Crippen molar-refractivity contribution in [2.75, 3.05) is 26.3 Å². The smallest absolute Gasteiger partial charge is 0.270 e. The zero-order valence-corrected chi connectivity index (χ0v) is 20.9. The van der Waals surface area contributed by atoms with Gasteiger partial charge in [0.25, 0.3) is 5.91 Å². The number of likely N-dealkylation sites (tertiary alicyclic amines) is 1. The van der Waals surface area contributed by atoms with Crippen LogP contribution in [0.2, 0.25) is 0 Å². The number of carbonyl (C=O) groups excluding carboxylic acids is 2. The fourth-order valence-corrected chi connectivity index (χ4v) is 6.39. The number of fused-ring (bicyclic) bond motifs is 2. The van der Waals surface area contributed by atoms with Gasteiger partial charge >= 0.3 is 0 Å². The van der Waals surface area contributed by atoms with Crippen LogP contribution in [0.5, 0.6) is 0 Å². The van der Waals surface area contributed by atoms with Crippen molar-refractivity contribution in [2.24, 2.45) is 11.3 Å². The highest BCUT2D eigenvalue weighted by Crippen LogP contribution is 2.45. The average Bonchev–Trinajstić information content (AvgIpc) is 3.25. The van der Waals surface area contributed by atoms with Crippen molar-refractivity contribution >= 4 is 38.6 Å². The molecule has 6 rings (SSSR count). The molecule has 1 aliphatic carbocycles. The highest BCUT2D eigenvalue weighted by Gasteiger charge is 2.54. The Bertz CT molecular complexity index is 1320. The molecule has 0 saturated carbocycles. The maximum Gasteiger partial charge on any atom is 0.270 e. The second kappa shape index (κ2) is 8.75. The second-order valence-electron chi connectivity index (χ2n) is 10.1. The van der Waals surface area contributed by atoms with E-state index in [1.165, 1.54) is 6.07 Å². The first kappa shape index (κ1) is 22.7. The van der Waals surface area contributed by atoms with E-state index >= 15 is 0 Å². The Morgan fingerprint density at radius 3 is 2.89 bits per heavy atom. The van der Waals surface area contributed by atoms with Gasteiger partial charge in [-0.2, -0.15) is 0 Å². The summed E-state index contributed by atoms with van der Waals surface area (Å²) in [6, 6.07) is 12.5. The third kappa shape index (κ3) is 4.06. The van der Waals surface area contributed by atoms with E-state index in [-0.39, 0.29) is 35.0 Å². The number of halogens is 2. The van der Waals surface area contributed by atoms with E-state index in [9.17, 15) is 14.0 Å². The number of rotatable bonds is 3. The van der Waals surface area contributed by atoms with Crippen LogP contribution in [0.1, 0.15) is 46.9 Å². The van der Waals surface area contributed by atoms with Crippen molar-refractivity contribution in [1.82, 2.24) is 15.2 Å². The average molecular weight is 540 g/mol. The Labute approximate surface area is 211 Å². The number of H-pyrrole nitrogens is 1. The molecule has 2 unspecified atom stereocenters. The molecule has 182 valence electrons. The van der Waals surface area contributed by atoms with Crippen molar-refractivity contribution in [3.63, 3.8) is 0 Å². The van der Waals surface area contributed by atoms with Crippen LogP contribution in [-0.2, 0) is 16.0 Å². The van der Waals surface area contributed by atoms with Gasteiger partial charge in [-0.1, -0.05) is 22.0 Å². The van der Waals surface area contributed by atoms with Gasteiger partial charge in [-0.25, -0.2) is 4.39 Å². The number of aromatic amines is 1. The van der Waals surface area contributed by atoms with Crippen LogP contribution in [0, 0.1) is 17.2 Å². The minimum absolute atomic E-state index is 0.0329. The summed E-state index contributed by atoms with van der Waals surface area (Å²) in [7, 11) is 0. The van der Waals surface area contributed by atoms with Crippen molar-refractivity contribution < 1.29 is 18.7 Å². The molecule has 0 radical (unpaired) electrons. The van der Waals surface area contributed by atoms with E-state index < -0.39 is 0 Å². The summed E-state index contributed by atoms with van der Waals surface area (Å²) in [5, 5.41) is 4.21. The summed E-state index contributed by atoms with van der Waals surface area (Å²) < 4.78 is 20.4. The predicted molar refractivity (Wildman–Crippen MR) is 133 cm³/mol. The zero-order valence-electron chi connectivity index (χ0n) is 19.3. The summed E-state index contributed by atoms with van der Waals surface area (Å²) in [6.45, 7) is 2.03. The van der Waals surface area contributed by atoms with E-state index in [4.69, 9.17) is 4.74 Å². The minimum Gasteiger partial charge on any atom is -0.381 e. The number of amides is 2. The Kier molecular flexibility index (Phi) is 5.68. The number of benzene rings is 2. The van der Waals surface area contributed by atoms with Crippen LogP contribution in [0.3, 0.4) is 0 Å². The summed E-state index contributed by atoms with van der Waals surface area (Å²) in [5.41, 5.74) is 3.19. The van der Waals surface area contributed by atoms with Crippen LogP contribution in [0.25, 0.3) is 10.9 Å². The van der Waals surface area contributed by atoms with E-state index in [0.29, 0.717) is 32.0 Å². The van der Waals surface area contributed by atoms with E-state index in [0.717, 1.165) is 52.2 Å². The van der Waals surface area contributed by atoms with Gasteiger partial charge in [-0.3, -0.25) is 9.59 Å². The maximum atomic E-state index is 13.7. The van der Waals surface area contributed by atoms with E-state index in [1.807, 2.05) is 29.2 Å². The van der Waals surface area contributed by atoms with Gasteiger partial charge in [0.2, 0.25) is 5.91 Å². The highest BCUT2D eigenvalue weighted by atomic mass is 79.9. The van der Waals surface area contributed by atoms with Crippen molar-refractivity contribution in [3.05, 3.63) is 69.6 Å². The number of aromatic nitrogens is 1. The normalized spacial score (nSPS) is 23.1. The van der Waals surface area contributed by atoms with Gasteiger partial charge in [0.1, 0.15) is 11.5 Å². The van der Waals surface area contributed by atoms with Gasteiger partial charge in [0, 0.05) is 40.5 Å². The second-order valence-corrected chi connectivity index (χ2v) is 11.0. The molecule has 0 bridgehead atoms. The summed E-state index contributed by atoms with van der Waals surface area (Å²) >= 11 is 3.47. The molecule has 2 amide bonds. The quantitative estimate of drug-likeness (QED) is 0.504. The first-order chi connectivity index (χ1) is 16.9. The van der Waals surface area contributed by atoms with E-state index in [1.54, 1.807) is 12.1 Å². The standard InChI is InChI=1S/C27H27BrFN3O3/c28-18-4-7-22-17(10-18)12-24(30-22)26(34)32-14-27(15-32)8-9-35-13-21(27)25(33)31-23-3-1-2-16-11-19(29)5-6-20(16)23/h4-7,10-12,21,23,30H,1-3,8-9,13-15H2,(H,31,33). The molecule has 3 heterocycles. The molecule has 2 atom stereocenters. The lowest BCUT2D eigenvalue weighted by Gasteiger charge is -2.55. The molecule has 2 N–H and O–H groups in total. The Hall–Kier alpha value is -2.71. The summed E-state index contributed by atoms with van der Waals surface area (Å²) in [4.78, 5) is 31.7. The molecular formula is C27H27BrFN3O3. The van der Waals surface area contributed by atoms with Crippen LogP contribution < -0.4 is 5.32 Å². The first-order valence-electron chi connectivity index (χ1n) is 12.2. The monoisotopic (exact) mass is 539 g/mol. The minimum atomic E-state index is -0.315. The van der Waals surface area contributed by atoms with Crippen LogP contribution >= 0.6 is 15.9 Å². The molecule has 3 aromatic rings.